The SMILES string of the molecule is COC(=O)CN(C)C(=O)CC(Cc1cccc2ccccc12)C(=O)O. The number of likely N-dealkylation sites (N-methyl/N-ethyl adjacent to an activating group) is 1. The number of nitrogens with zero attached hydrogens (tertiary/aromatic N) is 1. The lowest BCUT2D eigenvalue weighted by atomic mass is 9.92. The molecular weight excluding hydrogens is 322 g/mol. The molecule has 0 spiro atoms. The highest BCUT2D eigenvalue weighted by atomic mass is 16.5. The van der Waals surface area contributed by atoms with Crippen LogP contribution in [0.4, 0.5) is 0 Å². The predicted octanol–water partition coefficient (Wildman–Crippen LogP) is 2.10. The molecule has 0 bridgehead atoms. The summed E-state index contributed by atoms with van der Waals surface area (Å²) in [4.78, 5) is 36.3. The molecule has 132 valence electrons. The molecule has 0 aliphatic rings. The normalized spacial score (nSPS) is 11.8. The van der Waals surface area contributed by atoms with E-state index >= 15 is 0 Å². The monoisotopic (exact) mass is 343 g/mol. The zero-order chi connectivity index (χ0) is 18.4. The van der Waals surface area contributed by atoms with Crippen LogP contribution >= 0.6 is 0 Å². The van der Waals surface area contributed by atoms with Gasteiger partial charge in [-0.2, -0.15) is 0 Å². The highest BCUT2D eigenvalue weighted by Gasteiger charge is 2.25. The third-order valence-electron chi connectivity index (χ3n) is 4.14. The minimum Gasteiger partial charge on any atom is -0.481 e. The van der Waals surface area contributed by atoms with Gasteiger partial charge in [-0.25, -0.2) is 0 Å². The third kappa shape index (κ3) is 4.79. The first-order valence-electron chi connectivity index (χ1n) is 7.92. The van der Waals surface area contributed by atoms with E-state index in [-0.39, 0.29) is 19.4 Å². The average Bonchev–Trinajstić information content (AvgIpc) is 2.60. The van der Waals surface area contributed by atoms with E-state index in [4.69, 9.17) is 0 Å². The molecule has 0 heterocycles. The molecule has 6 heteroatoms. The number of hydrogen-bond acceptors (Lipinski definition) is 4. The fraction of sp³-hybridized carbons (Fsp3) is 0.316. The molecular formula is C19H21NO5. The van der Waals surface area contributed by atoms with Crippen LogP contribution in [-0.2, 0) is 25.5 Å². The van der Waals surface area contributed by atoms with Gasteiger partial charge in [0.1, 0.15) is 6.54 Å². The minimum atomic E-state index is -1.03. The highest BCUT2D eigenvalue weighted by molar-refractivity contribution is 5.88. The minimum absolute atomic E-state index is 0.175. The Morgan fingerprint density at radius 1 is 1.12 bits per heavy atom. The van der Waals surface area contributed by atoms with Crippen LogP contribution in [0.3, 0.4) is 0 Å². The zero-order valence-corrected chi connectivity index (χ0v) is 14.3. The van der Waals surface area contributed by atoms with E-state index < -0.39 is 23.8 Å². The fourth-order valence-electron chi connectivity index (χ4n) is 2.70. The summed E-state index contributed by atoms with van der Waals surface area (Å²) < 4.78 is 4.52. The Labute approximate surface area is 146 Å². The smallest absolute Gasteiger partial charge is 0.325 e. The van der Waals surface area contributed by atoms with Gasteiger partial charge in [-0.3, -0.25) is 14.4 Å². The molecule has 6 nitrogen and oxygen atoms in total. The van der Waals surface area contributed by atoms with Gasteiger partial charge in [0, 0.05) is 13.5 Å². The van der Waals surface area contributed by atoms with Crippen molar-refractivity contribution in [3.63, 3.8) is 0 Å². The number of benzene rings is 2. The summed E-state index contributed by atoms with van der Waals surface area (Å²) in [6, 6.07) is 13.4. The number of aliphatic carboxylic acids is 1. The Morgan fingerprint density at radius 3 is 2.48 bits per heavy atom. The molecule has 0 fully saturated rings. The standard InChI is InChI=1S/C19H21NO5/c1-20(12-18(22)25-2)17(21)11-15(19(23)24)10-14-8-5-7-13-6-3-4-9-16(13)14/h3-9,15H,10-12H2,1-2H3,(H,23,24). The Balaban J connectivity index is 2.14. The number of methoxy groups -OCH3 is 1. The summed E-state index contributed by atoms with van der Waals surface area (Å²) in [6.07, 6.45) is 0.0700. The topological polar surface area (TPSA) is 83.9 Å². The van der Waals surface area contributed by atoms with Crippen molar-refractivity contribution in [2.75, 3.05) is 20.7 Å². The van der Waals surface area contributed by atoms with Crippen LogP contribution in [0.1, 0.15) is 12.0 Å². The third-order valence-corrected chi connectivity index (χ3v) is 4.14. The van der Waals surface area contributed by atoms with Gasteiger partial charge in [0.05, 0.1) is 13.0 Å². The van der Waals surface area contributed by atoms with Gasteiger partial charge < -0.3 is 14.7 Å². The summed E-state index contributed by atoms with van der Waals surface area (Å²) in [5.74, 6) is -2.85. The van der Waals surface area contributed by atoms with Crippen molar-refractivity contribution in [1.29, 1.82) is 0 Å². The van der Waals surface area contributed by atoms with Crippen molar-refractivity contribution in [2.45, 2.75) is 12.8 Å². The van der Waals surface area contributed by atoms with Gasteiger partial charge in [-0.05, 0) is 22.8 Å². The summed E-state index contributed by atoms with van der Waals surface area (Å²) >= 11 is 0. The number of carbonyl (C=O) groups is 3. The van der Waals surface area contributed by atoms with Crippen LogP contribution in [0.5, 0.6) is 0 Å². The van der Waals surface area contributed by atoms with Crippen LogP contribution in [0, 0.1) is 5.92 Å². The molecule has 1 N–H and O–H groups in total. The van der Waals surface area contributed by atoms with E-state index in [1.807, 2.05) is 42.5 Å². The van der Waals surface area contributed by atoms with E-state index in [0.717, 1.165) is 16.3 Å². The molecule has 2 rings (SSSR count). The van der Waals surface area contributed by atoms with Crippen LogP contribution in [-0.4, -0.2) is 48.6 Å². The van der Waals surface area contributed by atoms with Gasteiger partial charge in [0.2, 0.25) is 5.91 Å². The quantitative estimate of drug-likeness (QED) is 0.779. The molecule has 1 amide bonds. The number of esters is 1. The second-order valence-corrected chi connectivity index (χ2v) is 5.91. The summed E-state index contributed by atoms with van der Waals surface area (Å²) in [6.45, 7) is -0.198. The van der Waals surface area contributed by atoms with E-state index in [1.165, 1.54) is 19.1 Å². The molecule has 2 aromatic carbocycles. The number of amides is 1. The summed E-state index contributed by atoms with van der Waals surface area (Å²) in [5.41, 5.74) is 0.883. The number of carboxylic acid groups (broad SMARTS) is 1. The van der Waals surface area contributed by atoms with Crippen molar-refractivity contribution in [3.05, 3.63) is 48.0 Å². The number of ether oxygens (including phenoxy) is 1. The number of carboxylic acids is 1. The maximum absolute atomic E-state index is 12.2. The Bertz CT molecular complexity index is 781. The molecule has 0 saturated heterocycles. The molecule has 0 aromatic heterocycles. The van der Waals surface area contributed by atoms with Gasteiger partial charge in [-0.15, -0.1) is 0 Å². The maximum atomic E-state index is 12.2. The van der Waals surface area contributed by atoms with Crippen LogP contribution in [0.15, 0.2) is 42.5 Å². The van der Waals surface area contributed by atoms with Crippen molar-refractivity contribution < 1.29 is 24.2 Å². The van der Waals surface area contributed by atoms with Crippen molar-refractivity contribution in [3.8, 4) is 0 Å². The maximum Gasteiger partial charge on any atom is 0.325 e. The Kier molecular flexibility index (Phi) is 6.11. The number of rotatable bonds is 7. The molecule has 1 atom stereocenters. The lowest BCUT2D eigenvalue weighted by molar-refractivity contribution is -0.148. The summed E-state index contributed by atoms with van der Waals surface area (Å²) in [5, 5.41) is 11.5. The molecule has 0 radical (unpaired) electrons. The van der Waals surface area contributed by atoms with E-state index in [2.05, 4.69) is 4.74 Å². The molecule has 0 aliphatic heterocycles. The average molecular weight is 343 g/mol. The zero-order valence-electron chi connectivity index (χ0n) is 14.3. The molecule has 2 aromatic rings. The lowest BCUT2D eigenvalue weighted by Crippen LogP contribution is -2.35. The second kappa shape index (κ2) is 8.28. The van der Waals surface area contributed by atoms with Crippen LogP contribution in [0.2, 0.25) is 0 Å². The molecule has 25 heavy (non-hydrogen) atoms. The van der Waals surface area contributed by atoms with E-state index in [0.29, 0.717) is 0 Å². The van der Waals surface area contributed by atoms with E-state index in [9.17, 15) is 19.5 Å². The van der Waals surface area contributed by atoms with Crippen molar-refractivity contribution in [1.82, 2.24) is 4.90 Å². The van der Waals surface area contributed by atoms with Gasteiger partial charge >= 0.3 is 11.9 Å². The Morgan fingerprint density at radius 2 is 1.80 bits per heavy atom. The number of fused-ring (bicyclic) bond motifs is 1. The first kappa shape index (κ1) is 18.4. The largest absolute Gasteiger partial charge is 0.481 e. The van der Waals surface area contributed by atoms with E-state index in [1.54, 1.807) is 0 Å². The van der Waals surface area contributed by atoms with Crippen LogP contribution < -0.4 is 0 Å². The molecule has 1 unspecified atom stereocenters. The van der Waals surface area contributed by atoms with Crippen molar-refractivity contribution >= 4 is 28.6 Å². The lowest BCUT2D eigenvalue weighted by Gasteiger charge is -2.19. The van der Waals surface area contributed by atoms with Gasteiger partial charge in [-0.1, -0.05) is 42.5 Å². The summed E-state index contributed by atoms with van der Waals surface area (Å²) in [7, 11) is 2.69. The first-order valence-corrected chi connectivity index (χ1v) is 7.92. The fourth-order valence-corrected chi connectivity index (χ4v) is 2.70. The highest BCUT2D eigenvalue weighted by Crippen LogP contribution is 2.23. The first-order chi connectivity index (χ1) is 11.9. The number of carbonyl (C=O) groups excluding carboxylic acids is 2. The number of hydrogen-bond donors (Lipinski definition) is 1. The van der Waals surface area contributed by atoms with Gasteiger partial charge in [0.15, 0.2) is 0 Å². The van der Waals surface area contributed by atoms with Gasteiger partial charge in [0.25, 0.3) is 0 Å². The van der Waals surface area contributed by atoms with Crippen molar-refractivity contribution in [2.24, 2.45) is 5.92 Å². The second-order valence-electron chi connectivity index (χ2n) is 5.91. The molecule has 0 saturated carbocycles. The Hall–Kier alpha value is -2.89. The van der Waals surface area contributed by atoms with Crippen LogP contribution in [0.25, 0.3) is 10.8 Å². The molecule has 0 aliphatic carbocycles. The predicted molar refractivity (Wildman–Crippen MR) is 93.0 cm³/mol.